The van der Waals surface area contributed by atoms with Crippen LogP contribution in [-0.4, -0.2) is 42.9 Å². The van der Waals surface area contributed by atoms with E-state index in [0.29, 0.717) is 18.3 Å². The summed E-state index contributed by atoms with van der Waals surface area (Å²) in [5.74, 6) is 1.17. The summed E-state index contributed by atoms with van der Waals surface area (Å²) in [4.78, 5) is 28.3. The van der Waals surface area contributed by atoms with E-state index in [1.165, 1.54) is 18.4 Å². The number of nitrogens with one attached hydrogen (secondary N) is 1. The zero-order chi connectivity index (χ0) is 20.2. The molecule has 0 aromatic heterocycles. The maximum atomic E-state index is 12.7. The van der Waals surface area contributed by atoms with Gasteiger partial charge in [0.05, 0.1) is 0 Å². The van der Waals surface area contributed by atoms with Crippen molar-refractivity contribution in [2.45, 2.75) is 32.1 Å². The fourth-order valence-corrected chi connectivity index (χ4v) is 4.20. The lowest BCUT2D eigenvalue weighted by atomic mass is 9.91. The fourth-order valence-electron chi connectivity index (χ4n) is 4.20. The van der Waals surface area contributed by atoms with E-state index in [9.17, 15) is 9.59 Å². The van der Waals surface area contributed by atoms with Gasteiger partial charge in [0.2, 0.25) is 11.8 Å². The molecule has 5 nitrogen and oxygen atoms in total. The van der Waals surface area contributed by atoms with Crippen molar-refractivity contribution in [2.24, 2.45) is 5.92 Å². The molecule has 1 unspecified atom stereocenters. The van der Waals surface area contributed by atoms with E-state index >= 15 is 0 Å². The minimum atomic E-state index is 0.0774. The molecule has 4 rings (SSSR count). The van der Waals surface area contributed by atoms with Crippen molar-refractivity contribution >= 4 is 23.2 Å². The molecule has 1 atom stereocenters. The number of anilines is 2. The second-order valence-electron chi connectivity index (χ2n) is 8.15. The van der Waals surface area contributed by atoms with Gasteiger partial charge >= 0.3 is 0 Å². The minimum absolute atomic E-state index is 0.0774. The molecule has 1 saturated heterocycles. The van der Waals surface area contributed by atoms with E-state index in [4.69, 9.17) is 0 Å². The third-order valence-electron chi connectivity index (χ3n) is 6.07. The van der Waals surface area contributed by atoms with Crippen LogP contribution in [0.1, 0.15) is 37.7 Å². The molecule has 1 saturated carbocycles. The van der Waals surface area contributed by atoms with Gasteiger partial charge in [-0.2, -0.15) is 0 Å². The highest BCUT2D eigenvalue weighted by molar-refractivity contribution is 5.91. The molecule has 2 aromatic carbocycles. The zero-order valence-electron chi connectivity index (χ0n) is 17.0. The summed E-state index contributed by atoms with van der Waals surface area (Å²) in [6.45, 7) is 4.82. The molecular weight excluding hydrogens is 362 g/mol. The smallest absolute Gasteiger partial charge is 0.224 e. The molecule has 0 bridgehead atoms. The predicted octanol–water partition coefficient (Wildman–Crippen LogP) is 3.88. The first-order valence-corrected chi connectivity index (χ1v) is 10.6. The van der Waals surface area contributed by atoms with Gasteiger partial charge in [-0.15, -0.1) is 0 Å². The van der Waals surface area contributed by atoms with Crippen molar-refractivity contribution in [3.05, 3.63) is 60.2 Å². The number of benzene rings is 2. The van der Waals surface area contributed by atoms with Crippen molar-refractivity contribution in [3.63, 3.8) is 0 Å². The summed E-state index contributed by atoms with van der Waals surface area (Å²) < 4.78 is 0. The van der Waals surface area contributed by atoms with Gasteiger partial charge in [-0.1, -0.05) is 30.3 Å². The Kier molecular flexibility index (Phi) is 5.84. The van der Waals surface area contributed by atoms with Gasteiger partial charge in [0.25, 0.3) is 0 Å². The molecule has 2 fully saturated rings. The third kappa shape index (κ3) is 4.97. The summed E-state index contributed by atoms with van der Waals surface area (Å²) >= 11 is 0. The van der Waals surface area contributed by atoms with Crippen LogP contribution in [-0.2, 0) is 9.59 Å². The highest BCUT2D eigenvalue weighted by atomic mass is 16.2. The largest absolute Gasteiger partial charge is 0.368 e. The quantitative estimate of drug-likeness (QED) is 0.813. The zero-order valence-corrected chi connectivity index (χ0v) is 17.0. The van der Waals surface area contributed by atoms with Crippen LogP contribution in [0.2, 0.25) is 0 Å². The average Bonchev–Trinajstić information content (AvgIpc) is 3.58. The Balaban J connectivity index is 1.33. The van der Waals surface area contributed by atoms with Crippen LogP contribution in [0, 0.1) is 5.92 Å². The maximum absolute atomic E-state index is 12.7. The molecule has 1 heterocycles. The average molecular weight is 392 g/mol. The van der Waals surface area contributed by atoms with Crippen molar-refractivity contribution in [2.75, 3.05) is 36.4 Å². The SMILES string of the molecule is CC(=O)N1CCN(c2ccc(NC(=O)CC(c3ccccc3)C3CC3)cc2)CC1. The molecule has 0 spiro atoms. The normalized spacial score (nSPS) is 17.7. The molecule has 1 aliphatic heterocycles. The topological polar surface area (TPSA) is 52.7 Å². The molecule has 0 radical (unpaired) electrons. The first-order chi connectivity index (χ1) is 14.1. The van der Waals surface area contributed by atoms with Crippen LogP contribution < -0.4 is 10.2 Å². The standard InChI is InChI=1S/C24H29N3O2/c1-18(28)26-13-15-27(16-14-26)22-11-9-21(10-12-22)25-24(29)17-23(20-7-8-20)19-5-3-2-4-6-19/h2-6,9-12,20,23H,7-8,13-17H2,1H3,(H,25,29). The molecule has 1 N–H and O–H groups in total. The number of amides is 2. The Bertz CT molecular complexity index is 838. The number of hydrogen-bond acceptors (Lipinski definition) is 3. The molecule has 1 aliphatic carbocycles. The Labute approximate surface area is 172 Å². The second-order valence-corrected chi connectivity index (χ2v) is 8.15. The predicted molar refractivity (Wildman–Crippen MR) is 116 cm³/mol. The van der Waals surface area contributed by atoms with E-state index in [0.717, 1.165) is 37.6 Å². The summed E-state index contributed by atoms with van der Waals surface area (Å²) in [7, 11) is 0. The van der Waals surface area contributed by atoms with Gasteiger partial charge in [-0.05, 0) is 54.5 Å². The van der Waals surface area contributed by atoms with Gasteiger partial charge < -0.3 is 15.1 Å². The highest BCUT2D eigenvalue weighted by Crippen LogP contribution is 2.44. The Morgan fingerprint density at radius 2 is 1.62 bits per heavy atom. The van der Waals surface area contributed by atoms with Gasteiger partial charge in [0.1, 0.15) is 0 Å². The van der Waals surface area contributed by atoms with Gasteiger partial charge in [0.15, 0.2) is 0 Å². The molecule has 2 aliphatic rings. The van der Waals surface area contributed by atoms with Crippen molar-refractivity contribution < 1.29 is 9.59 Å². The van der Waals surface area contributed by atoms with Gasteiger partial charge in [-0.3, -0.25) is 9.59 Å². The van der Waals surface area contributed by atoms with E-state index < -0.39 is 0 Å². The van der Waals surface area contributed by atoms with Crippen LogP contribution >= 0.6 is 0 Å². The van der Waals surface area contributed by atoms with E-state index in [2.05, 4.69) is 46.6 Å². The maximum Gasteiger partial charge on any atom is 0.224 e. The Morgan fingerprint density at radius 3 is 2.21 bits per heavy atom. The second kappa shape index (κ2) is 8.68. The summed E-state index contributed by atoms with van der Waals surface area (Å²) in [6.07, 6.45) is 2.97. The number of carbonyl (C=O) groups is 2. The van der Waals surface area contributed by atoms with Crippen molar-refractivity contribution in [1.29, 1.82) is 0 Å². The van der Waals surface area contributed by atoms with Crippen LogP contribution in [0.15, 0.2) is 54.6 Å². The first-order valence-electron chi connectivity index (χ1n) is 10.6. The lowest BCUT2D eigenvalue weighted by Gasteiger charge is -2.35. The van der Waals surface area contributed by atoms with Crippen molar-refractivity contribution in [3.8, 4) is 0 Å². The van der Waals surface area contributed by atoms with Crippen LogP contribution in [0.4, 0.5) is 11.4 Å². The number of hydrogen-bond donors (Lipinski definition) is 1. The van der Waals surface area contributed by atoms with Gasteiger partial charge in [-0.25, -0.2) is 0 Å². The van der Waals surface area contributed by atoms with Crippen LogP contribution in [0.3, 0.4) is 0 Å². The monoisotopic (exact) mass is 391 g/mol. The molecule has 2 aromatic rings. The van der Waals surface area contributed by atoms with Crippen LogP contribution in [0.25, 0.3) is 0 Å². The minimum Gasteiger partial charge on any atom is -0.368 e. The molecular formula is C24H29N3O2. The lowest BCUT2D eigenvalue weighted by Crippen LogP contribution is -2.48. The number of nitrogens with zero attached hydrogens (tertiary/aromatic N) is 2. The molecule has 2 amide bonds. The van der Waals surface area contributed by atoms with Crippen molar-refractivity contribution in [1.82, 2.24) is 4.90 Å². The Hall–Kier alpha value is -2.82. The lowest BCUT2D eigenvalue weighted by molar-refractivity contribution is -0.129. The van der Waals surface area contributed by atoms with Gasteiger partial charge in [0, 0.05) is 50.9 Å². The Morgan fingerprint density at radius 1 is 0.966 bits per heavy atom. The first kappa shape index (κ1) is 19.5. The molecule has 5 heteroatoms. The number of rotatable bonds is 6. The number of carbonyl (C=O) groups excluding carboxylic acids is 2. The third-order valence-corrected chi connectivity index (χ3v) is 6.07. The highest BCUT2D eigenvalue weighted by Gasteiger charge is 2.33. The van der Waals surface area contributed by atoms with Crippen LogP contribution in [0.5, 0.6) is 0 Å². The molecule has 29 heavy (non-hydrogen) atoms. The van der Waals surface area contributed by atoms with E-state index in [1.807, 2.05) is 23.1 Å². The summed E-state index contributed by atoms with van der Waals surface area (Å²) in [5, 5.41) is 3.07. The summed E-state index contributed by atoms with van der Waals surface area (Å²) in [5.41, 5.74) is 3.24. The molecule has 152 valence electrons. The summed E-state index contributed by atoms with van der Waals surface area (Å²) in [6, 6.07) is 18.4. The van der Waals surface area contributed by atoms with E-state index in [1.54, 1.807) is 6.92 Å². The number of piperazine rings is 1. The fraction of sp³-hybridized carbons (Fsp3) is 0.417. The van der Waals surface area contributed by atoms with E-state index in [-0.39, 0.29) is 11.8 Å².